The second kappa shape index (κ2) is 6.91. The van der Waals surface area contributed by atoms with Gasteiger partial charge in [0.05, 0.1) is 6.10 Å². The normalized spacial score (nSPS) is 15.1. The standard InChI is InChI=1S/C16H27NO/c1-6-13-7-9-14(10-8-13)16(18)15(11(2)3)17-12(4)5/h7-12,15-18H,6H2,1-5H3. The van der Waals surface area contributed by atoms with E-state index in [1.165, 1.54) is 5.56 Å². The first-order valence-electron chi connectivity index (χ1n) is 6.98. The summed E-state index contributed by atoms with van der Waals surface area (Å²) in [7, 11) is 0. The Bertz CT molecular complexity index is 343. The molecule has 0 spiro atoms. The Hall–Kier alpha value is -0.860. The summed E-state index contributed by atoms with van der Waals surface area (Å²) in [6.07, 6.45) is 0.590. The first kappa shape index (κ1) is 15.2. The van der Waals surface area contributed by atoms with E-state index in [4.69, 9.17) is 0 Å². The SMILES string of the molecule is CCc1ccc(C(O)C(NC(C)C)C(C)C)cc1. The second-order valence-electron chi connectivity index (χ2n) is 5.63. The zero-order valence-corrected chi connectivity index (χ0v) is 12.3. The molecule has 2 atom stereocenters. The summed E-state index contributed by atoms with van der Waals surface area (Å²) in [5.74, 6) is 0.397. The molecule has 102 valence electrons. The van der Waals surface area contributed by atoms with Gasteiger partial charge in [0.25, 0.3) is 0 Å². The quantitative estimate of drug-likeness (QED) is 0.810. The van der Waals surface area contributed by atoms with E-state index in [1.807, 2.05) is 12.1 Å². The van der Waals surface area contributed by atoms with Crippen molar-refractivity contribution in [2.45, 2.75) is 59.2 Å². The largest absolute Gasteiger partial charge is 0.387 e. The van der Waals surface area contributed by atoms with E-state index in [2.05, 4.69) is 52.1 Å². The molecule has 1 aromatic carbocycles. The molecule has 1 rings (SSSR count). The Morgan fingerprint density at radius 3 is 2.00 bits per heavy atom. The van der Waals surface area contributed by atoms with E-state index in [-0.39, 0.29) is 6.04 Å². The van der Waals surface area contributed by atoms with Crippen molar-refractivity contribution in [2.75, 3.05) is 0 Å². The van der Waals surface area contributed by atoms with Crippen molar-refractivity contribution in [3.63, 3.8) is 0 Å². The molecular formula is C16H27NO. The van der Waals surface area contributed by atoms with E-state index >= 15 is 0 Å². The highest BCUT2D eigenvalue weighted by Crippen LogP contribution is 2.22. The van der Waals surface area contributed by atoms with Gasteiger partial charge in [-0.05, 0) is 23.5 Å². The average molecular weight is 249 g/mol. The third-order valence-electron chi connectivity index (χ3n) is 3.31. The zero-order chi connectivity index (χ0) is 13.7. The fraction of sp³-hybridized carbons (Fsp3) is 0.625. The van der Waals surface area contributed by atoms with E-state index in [0.29, 0.717) is 12.0 Å². The third kappa shape index (κ3) is 4.11. The number of aliphatic hydroxyl groups excluding tert-OH is 1. The summed E-state index contributed by atoms with van der Waals surface area (Å²) in [6.45, 7) is 10.7. The van der Waals surface area contributed by atoms with Crippen LogP contribution in [0.5, 0.6) is 0 Å². The monoisotopic (exact) mass is 249 g/mol. The minimum absolute atomic E-state index is 0.0949. The summed E-state index contributed by atoms with van der Waals surface area (Å²) in [5.41, 5.74) is 2.31. The van der Waals surface area contributed by atoms with Crippen molar-refractivity contribution in [2.24, 2.45) is 5.92 Å². The number of hydrogen-bond acceptors (Lipinski definition) is 2. The third-order valence-corrected chi connectivity index (χ3v) is 3.31. The van der Waals surface area contributed by atoms with E-state index < -0.39 is 6.10 Å². The lowest BCUT2D eigenvalue weighted by Crippen LogP contribution is -2.42. The van der Waals surface area contributed by atoms with Gasteiger partial charge < -0.3 is 10.4 Å². The van der Waals surface area contributed by atoms with Crippen LogP contribution >= 0.6 is 0 Å². The molecule has 0 saturated carbocycles. The average Bonchev–Trinajstić information content (AvgIpc) is 2.34. The lowest BCUT2D eigenvalue weighted by atomic mass is 9.92. The molecule has 0 radical (unpaired) electrons. The Morgan fingerprint density at radius 1 is 1.06 bits per heavy atom. The molecule has 2 heteroatoms. The maximum absolute atomic E-state index is 10.5. The van der Waals surface area contributed by atoms with Crippen LogP contribution in [0.3, 0.4) is 0 Å². The molecular weight excluding hydrogens is 222 g/mol. The predicted molar refractivity (Wildman–Crippen MR) is 77.7 cm³/mol. The number of benzene rings is 1. The van der Waals surface area contributed by atoms with Crippen LogP contribution in [0.25, 0.3) is 0 Å². The van der Waals surface area contributed by atoms with Gasteiger partial charge in [-0.1, -0.05) is 58.9 Å². The van der Waals surface area contributed by atoms with Crippen LogP contribution < -0.4 is 5.32 Å². The minimum Gasteiger partial charge on any atom is -0.387 e. The number of rotatable bonds is 6. The lowest BCUT2D eigenvalue weighted by Gasteiger charge is -2.29. The molecule has 0 heterocycles. The Kier molecular flexibility index (Phi) is 5.83. The summed E-state index contributed by atoms with van der Waals surface area (Å²) in [4.78, 5) is 0. The first-order valence-corrected chi connectivity index (χ1v) is 6.98. The molecule has 0 amide bonds. The molecule has 1 aromatic rings. The van der Waals surface area contributed by atoms with Gasteiger partial charge in [-0.3, -0.25) is 0 Å². The summed E-state index contributed by atoms with van der Waals surface area (Å²) in [5, 5.41) is 14.0. The van der Waals surface area contributed by atoms with Crippen LogP contribution in [0.15, 0.2) is 24.3 Å². The molecule has 0 bridgehead atoms. The minimum atomic E-state index is -0.446. The van der Waals surface area contributed by atoms with Gasteiger partial charge >= 0.3 is 0 Å². The summed E-state index contributed by atoms with van der Waals surface area (Å²) in [6, 6.07) is 8.76. The van der Waals surface area contributed by atoms with Crippen molar-refractivity contribution in [3.05, 3.63) is 35.4 Å². The van der Waals surface area contributed by atoms with Crippen molar-refractivity contribution in [1.29, 1.82) is 0 Å². The molecule has 2 nitrogen and oxygen atoms in total. The number of nitrogens with one attached hydrogen (secondary N) is 1. The van der Waals surface area contributed by atoms with E-state index in [9.17, 15) is 5.11 Å². The van der Waals surface area contributed by atoms with Gasteiger partial charge in [0.2, 0.25) is 0 Å². The van der Waals surface area contributed by atoms with Crippen LogP contribution in [-0.2, 0) is 6.42 Å². The fourth-order valence-electron chi connectivity index (χ4n) is 2.19. The van der Waals surface area contributed by atoms with Crippen molar-refractivity contribution < 1.29 is 5.11 Å². The van der Waals surface area contributed by atoms with Gasteiger partial charge in [-0.25, -0.2) is 0 Å². The van der Waals surface area contributed by atoms with Crippen LogP contribution in [-0.4, -0.2) is 17.2 Å². The second-order valence-corrected chi connectivity index (χ2v) is 5.63. The molecule has 0 aliphatic carbocycles. The zero-order valence-electron chi connectivity index (χ0n) is 12.3. The molecule has 2 N–H and O–H groups in total. The van der Waals surface area contributed by atoms with Crippen LogP contribution in [0.1, 0.15) is 51.8 Å². The highest BCUT2D eigenvalue weighted by Gasteiger charge is 2.24. The van der Waals surface area contributed by atoms with Gasteiger partial charge in [0.1, 0.15) is 0 Å². The fourth-order valence-corrected chi connectivity index (χ4v) is 2.19. The maximum atomic E-state index is 10.5. The highest BCUT2D eigenvalue weighted by atomic mass is 16.3. The van der Waals surface area contributed by atoms with Crippen LogP contribution in [0, 0.1) is 5.92 Å². The molecule has 0 aliphatic heterocycles. The predicted octanol–water partition coefficient (Wildman–Crippen LogP) is 3.31. The van der Waals surface area contributed by atoms with Crippen molar-refractivity contribution in [3.8, 4) is 0 Å². The van der Waals surface area contributed by atoms with Gasteiger partial charge in [0.15, 0.2) is 0 Å². The van der Waals surface area contributed by atoms with Crippen LogP contribution in [0.2, 0.25) is 0 Å². The Labute approximate surface area is 111 Å². The van der Waals surface area contributed by atoms with Gasteiger partial charge in [-0.15, -0.1) is 0 Å². The summed E-state index contributed by atoms with van der Waals surface area (Å²) < 4.78 is 0. The topological polar surface area (TPSA) is 32.3 Å². The number of hydrogen-bond donors (Lipinski definition) is 2. The maximum Gasteiger partial charge on any atom is 0.0945 e. The lowest BCUT2D eigenvalue weighted by molar-refractivity contribution is 0.100. The molecule has 0 aliphatic rings. The molecule has 2 unspecified atom stereocenters. The van der Waals surface area contributed by atoms with Crippen LogP contribution in [0.4, 0.5) is 0 Å². The Balaban J connectivity index is 2.83. The number of aryl methyl sites for hydroxylation is 1. The number of aliphatic hydroxyl groups is 1. The summed E-state index contributed by atoms with van der Waals surface area (Å²) >= 11 is 0. The van der Waals surface area contributed by atoms with Gasteiger partial charge in [-0.2, -0.15) is 0 Å². The molecule has 18 heavy (non-hydrogen) atoms. The smallest absolute Gasteiger partial charge is 0.0945 e. The molecule has 0 aromatic heterocycles. The molecule has 0 fully saturated rings. The van der Waals surface area contributed by atoms with Gasteiger partial charge in [0, 0.05) is 12.1 Å². The van der Waals surface area contributed by atoms with Crippen molar-refractivity contribution in [1.82, 2.24) is 5.32 Å². The van der Waals surface area contributed by atoms with E-state index in [0.717, 1.165) is 12.0 Å². The molecule has 0 saturated heterocycles. The van der Waals surface area contributed by atoms with Crippen molar-refractivity contribution >= 4 is 0 Å². The highest BCUT2D eigenvalue weighted by molar-refractivity contribution is 5.25. The van der Waals surface area contributed by atoms with E-state index in [1.54, 1.807) is 0 Å². The Morgan fingerprint density at radius 2 is 1.61 bits per heavy atom. The first-order chi connectivity index (χ1) is 8.45.